The van der Waals surface area contributed by atoms with Crippen LogP contribution in [-0.2, 0) is 0 Å². The minimum absolute atomic E-state index is 0.190. The monoisotopic (exact) mass is 391 g/mol. The number of fused-ring (bicyclic) bond motifs is 3. The highest BCUT2D eigenvalue weighted by atomic mass is 79.9. The van der Waals surface area contributed by atoms with Crippen LogP contribution in [0.2, 0.25) is 0 Å². The van der Waals surface area contributed by atoms with Crippen molar-refractivity contribution in [2.45, 2.75) is 0 Å². The summed E-state index contributed by atoms with van der Waals surface area (Å²) in [4.78, 5) is 21.2. The maximum atomic E-state index is 12.4. The average molecular weight is 392 g/mol. The van der Waals surface area contributed by atoms with E-state index in [1.807, 2.05) is 30.3 Å². The molecule has 7 heteroatoms. The molecule has 0 atom stereocenters. The SMILES string of the molecule is N#Cc1cn2c(nc1NC(=O)c1cccc(Br)c1)nc1ccccc12. The predicted molar refractivity (Wildman–Crippen MR) is 97.3 cm³/mol. The zero-order valence-corrected chi connectivity index (χ0v) is 14.4. The van der Waals surface area contributed by atoms with Crippen molar-refractivity contribution < 1.29 is 4.79 Å². The fraction of sp³-hybridized carbons (Fsp3) is 0. The van der Waals surface area contributed by atoms with Gasteiger partial charge in [0.05, 0.1) is 11.0 Å². The summed E-state index contributed by atoms with van der Waals surface area (Å²) in [7, 11) is 0. The molecule has 2 aromatic heterocycles. The van der Waals surface area contributed by atoms with E-state index in [0.29, 0.717) is 11.3 Å². The molecule has 0 radical (unpaired) electrons. The van der Waals surface area contributed by atoms with Crippen LogP contribution in [0.4, 0.5) is 5.82 Å². The lowest BCUT2D eigenvalue weighted by atomic mass is 10.2. The second kappa shape index (κ2) is 6.00. The number of nitrogens with one attached hydrogen (secondary N) is 1. The Morgan fingerprint density at radius 3 is 2.80 bits per heavy atom. The first-order valence-corrected chi connectivity index (χ1v) is 8.20. The van der Waals surface area contributed by atoms with Crippen LogP contribution in [0.3, 0.4) is 0 Å². The molecule has 4 aromatic rings. The Bertz CT molecular complexity index is 1180. The summed E-state index contributed by atoms with van der Waals surface area (Å²) in [5.74, 6) is 0.269. The Morgan fingerprint density at radius 2 is 2.00 bits per heavy atom. The van der Waals surface area contributed by atoms with Crippen LogP contribution < -0.4 is 5.32 Å². The van der Waals surface area contributed by atoms with Crippen molar-refractivity contribution in [3.8, 4) is 6.07 Å². The summed E-state index contributed by atoms with van der Waals surface area (Å²) >= 11 is 3.33. The van der Waals surface area contributed by atoms with E-state index in [1.54, 1.807) is 28.8 Å². The number of hydrogen-bond acceptors (Lipinski definition) is 4. The third kappa shape index (κ3) is 2.73. The van der Waals surface area contributed by atoms with Crippen LogP contribution in [0.15, 0.2) is 59.2 Å². The molecule has 0 spiro atoms. The number of benzene rings is 2. The molecule has 0 aliphatic carbocycles. The lowest BCUT2D eigenvalue weighted by Crippen LogP contribution is -2.14. The van der Waals surface area contributed by atoms with E-state index in [4.69, 9.17) is 0 Å². The number of carbonyl (C=O) groups excluding carboxylic acids is 1. The van der Waals surface area contributed by atoms with E-state index in [0.717, 1.165) is 15.5 Å². The number of hydrogen-bond donors (Lipinski definition) is 1. The second-order valence-electron chi connectivity index (χ2n) is 5.35. The first-order chi connectivity index (χ1) is 12.2. The van der Waals surface area contributed by atoms with Crippen molar-refractivity contribution in [2.75, 3.05) is 5.32 Å². The van der Waals surface area contributed by atoms with Crippen molar-refractivity contribution in [2.24, 2.45) is 0 Å². The highest BCUT2D eigenvalue weighted by Gasteiger charge is 2.14. The highest BCUT2D eigenvalue weighted by Crippen LogP contribution is 2.20. The van der Waals surface area contributed by atoms with Crippen molar-refractivity contribution in [1.29, 1.82) is 5.26 Å². The maximum absolute atomic E-state index is 12.4. The van der Waals surface area contributed by atoms with Crippen molar-refractivity contribution >= 4 is 44.5 Å². The molecule has 4 rings (SSSR count). The molecule has 0 saturated heterocycles. The van der Waals surface area contributed by atoms with Gasteiger partial charge < -0.3 is 5.32 Å². The fourth-order valence-corrected chi connectivity index (χ4v) is 2.97. The molecule has 0 unspecified atom stereocenters. The molecule has 0 saturated carbocycles. The molecule has 1 N–H and O–H groups in total. The molecule has 2 aromatic carbocycles. The molecular formula is C18H10BrN5O. The first-order valence-electron chi connectivity index (χ1n) is 7.40. The molecule has 120 valence electrons. The third-order valence-corrected chi connectivity index (χ3v) is 4.23. The van der Waals surface area contributed by atoms with Gasteiger partial charge in [0.2, 0.25) is 5.78 Å². The maximum Gasteiger partial charge on any atom is 0.256 e. The summed E-state index contributed by atoms with van der Waals surface area (Å²) in [6.07, 6.45) is 1.63. The van der Waals surface area contributed by atoms with Gasteiger partial charge in [-0.05, 0) is 30.3 Å². The zero-order valence-electron chi connectivity index (χ0n) is 12.8. The smallest absolute Gasteiger partial charge is 0.256 e. The third-order valence-electron chi connectivity index (χ3n) is 3.74. The van der Waals surface area contributed by atoms with Crippen LogP contribution in [-0.4, -0.2) is 20.3 Å². The average Bonchev–Trinajstić information content (AvgIpc) is 2.98. The van der Waals surface area contributed by atoms with Gasteiger partial charge >= 0.3 is 0 Å². The summed E-state index contributed by atoms with van der Waals surface area (Å²) in [6.45, 7) is 0. The van der Waals surface area contributed by atoms with Crippen LogP contribution >= 0.6 is 15.9 Å². The van der Waals surface area contributed by atoms with Crippen molar-refractivity contribution in [3.05, 3.63) is 70.3 Å². The second-order valence-corrected chi connectivity index (χ2v) is 6.27. The summed E-state index contributed by atoms with van der Waals surface area (Å²) in [6, 6.07) is 16.6. The van der Waals surface area contributed by atoms with Gasteiger partial charge in [0, 0.05) is 16.2 Å². The van der Waals surface area contributed by atoms with Crippen LogP contribution in [0, 0.1) is 11.3 Å². The number of aromatic nitrogens is 3. The zero-order chi connectivity index (χ0) is 17.4. The van der Waals surface area contributed by atoms with Gasteiger partial charge in [0.25, 0.3) is 5.91 Å². The fourth-order valence-electron chi connectivity index (χ4n) is 2.57. The van der Waals surface area contributed by atoms with E-state index >= 15 is 0 Å². The first kappa shape index (κ1) is 15.3. The van der Waals surface area contributed by atoms with Gasteiger partial charge in [-0.15, -0.1) is 0 Å². The van der Waals surface area contributed by atoms with E-state index in [-0.39, 0.29) is 17.3 Å². The predicted octanol–water partition coefficient (Wildman–Crippen LogP) is 3.77. The number of nitriles is 1. The lowest BCUT2D eigenvalue weighted by Gasteiger charge is -2.07. The number of nitrogens with zero attached hydrogens (tertiary/aromatic N) is 4. The molecular weight excluding hydrogens is 382 g/mol. The van der Waals surface area contributed by atoms with Crippen molar-refractivity contribution in [1.82, 2.24) is 14.4 Å². The van der Waals surface area contributed by atoms with E-state index in [1.165, 1.54) is 0 Å². The van der Waals surface area contributed by atoms with Gasteiger partial charge in [-0.3, -0.25) is 9.20 Å². The van der Waals surface area contributed by atoms with E-state index in [2.05, 4.69) is 37.3 Å². The Balaban J connectivity index is 1.80. The van der Waals surface area contributed by atoms with Crippen LogP contribution in [0.5, 0.6) is 0 Å². The molecule has 6 nitrogen and oxygen atoms in total. The number of rotatable bonds is 2. The molecule has 25 heavy (non-hydrogen) atoms. The quantitative estimate of drug-likeness (QED) is 0.563. The van der Waals surface area contributed by atoms with E-state index < -0.39 is 0 Å². The molecule has 0 aliphatic heterocycles. The number of amides is 1. The van der Waals surface area contributed by atoms with Crippen molar-refractivity contribution in [3.63, 3.8) is 0 Å². The normalized spacial score (nSPS) is 10.7. The molecule has 0 bridgehead atoms. The van der Waals surface area contributed by atoms with Gasteiger partial charge in [-0.25, -0.2) is 4.98 Å². The number of para-hydroxylation sites is 2. The van der Waals surface area contributed by atoms with Crippen LogP contribution in [0.1, 0.15) is 15.9 Å². The largest absolute Gasteiger partial charge is 0.305 e. The Hall–Kier alpha value is -3.24. The lowest BCUT2D eigenvalue weighted by molar-refractivity contribution is 0.102. The minimum atomic E-state index is -0.342. The summed E-state index contributed by atoms with van der Waals surface area (Å²) in [5.41, 5.74) is 2.35. The molecule has 0 aliphatic rings. The molecule has 0 fully saturated rings. The topological polar surface area (TPSA) is 83.1 Å². The molecule has 2 heterocycles. The van der Waals surface area contributed by atoms with E-state index in [9.17, 15) is 10.1 Å². The standard InChI is InChI=1S/C18H10BrN5O/c19-13-5-3-4-11(8-13)17(25)22-16-12(9-20)10-24-15-7-2-1-6-14(15)21-18(24)23-16/h1-8,10H,(H,21,22,23,25). The Kier molecular flexibility index (Phi) is 3.67. The highest BCUT2D eigenvalue weighted by molar-refractivity contribution is 9.10. The Morgan fingerprint density at radius 1 is 1.16 bits per heavy atom. The van der Waals surface area contributed by atoms with Crippen LogP contribution in [0.25, 0.3) is 16.8 Å². The number of carbonyl (C=O) groups is 1. The number of anilines is 1. The van der Waals surface area contributed by atoms with Gasteiger partial charge in [-0.1, -0.05) is 34.1 Å². The Labute approximate surface area is 150 Å². The summed E-state index contributed by atoms with van der Waals surface area (Å²) < 4.78 is 2.53. The number of imidazole rings is 1. The molecule has 1 amide bonds. The summed E-state index contributed by atoms with van der Waals surface area (Å²) in [5, 5.41) is 12.1. The van der Waals surface area contributed by atoms with Gasteiger partial charge in [-0.2, -0.15) is 10.2 Å². The van der Waals surface area contributed by atoms with Gasteiger partial charge in [0.15, 0.2) is 5.82 Å². The van der Waals surface area contributed by atoms with Gasteiger partial charge in [0.1, 0.15) is 11.6 Å². The number of halogens is 1. The minimum Gasteiger partial charge on any atom is -0.305 e.